The van der Waals surface area contributed by atoms with Gasteiger partial charge in [-0.3, -0.25) is 0 Å². The van der Waals surface area contributed by atoms with Gasteiger partial charge in [-0.2, -0.15) is 0 Å². The molecule has 0 rings (SSSR count). The molecule has 88 valence electrons. The number of carboxylic acids is 1. The Hall–Kier alpha value is -0.870. The molecule has 0 heterocycles. The van der Waals surface area contributed by atoms with Crippen LogP contribution in [-0.2, 0) is 4.79 Å². The highest BCUT2D eigenvalue weighted by Gasteiger charge is 2.08. The highest BCUT2D eigenvalue weighted by molar-refractivity contribution is 5.86. The summed E-state index contributed by atoms with van der Waals surface area (Å²) < 4.78 is 0. The van der Waals surface area contributed by atoms with Crippen molar-refractivity contribution in [2.24, 2.45) is 5.92 Å². The lowest BCUT2D eigenvalue weighted by molar-refractivity contribution is -0.132. The second kappa shape index (κ2) is 8.44. The average molecular weight is 215 g/mol. The van der Waals surface area contributed by atoms with Crippen molar-refractivity contribution in [2.75, 3.05) is 19.7 Å². The third kappa shape index (κ3) is 7.11. The van der Waals surface area contributed by atoms with Crippen LogP contribution in [0, 0.1) is 5.92 Å². The number of hydrogen-bond acceptors (Lipinski definition) is 3. The van der Waals surface area contributed by atoms with Gasteiger partial charge in [0.15, 0.2) is 0 Å². The molecule has 0 aliphatic carbocycles. The van der Waals surface area contributed by atoms with E-state index in [1.54, 1.807) is 0 Å². The molecule has 0 aliphatic heterocycles. The lowest BCUT2D eigenvalue weighted by Crippen LogP contribution is -2.27. The Labute approximate surface area is 91.0 Å². The van der Waals surface area contributed by atoms with Crippen molar-refractivity contribution in [2.45, 2.75) is 26.2 Å². The summed E-state index contributed by atoms with van der Waals surface area (Å²) in [4.78, 5) is 10.4. The Bertz CT molecular complexity index is 198. The fraction of sp³-hybridized carbons (Fsp3) is 0.727. The van der Waals surface area contributed by atoms with Gasteiger partial charge >= 0.3 is 5.97 Å². The largest absolute Gasteiger partial charge is 0.478 e. The van der Waals surface area contributed by atoms with Crippen LogP contribution in [0.1, 0.15) is 26.2 Å². The lowest BCUT2D eigenvalue weighted by atomic mass is 10.0. The molecule has 0 aromatic carbocycles. The van der Waals surface area contributed by atoms with Gasteiger partial charge in [-0.15, -0.1) is 0 Å². The van der Waals surface area contributed by atoms with Crippen LogP contribution < -0.4 is 5.32 Å². The molecular formula is C11H21NO3. The molecule has 0 fully saturated rings. The van der Waals surface area contributed by atoms with E-state index in [0.717, 1.165) is 25.8 Å². The van der Waals surface area contributed by atoms with Crippen LogP contribution in [0.3, 0.4) is 0 Å². The zero-order chi connectivity index (χ0) is 11.7. The highest BCUT2D eigenvalue weighted by Crippen LogP contribution is 2.09. The van der Waals surface area contributed by atoms with Gasteiger partial charge in [0, 0.05) is 18.7 Å². The molecule has 0 saturated heterocycles. The van der Waals surface area contributed by atoms with E-state index in [1.165, 1.54) is 0 Å². The smallest absolute Gasteiger partial charge is 0.332 e. The predicted octanol–water partition coefficient (Wildman–Crippen LogP) is 1.02. The van der Waals surface area contributed by atoms with E-state index in [9.17, 15) is 4.79 Å². The van der Waals surface area contributed by atoms with Crippen LogP contribution in [0.4, 0.5) is 0 Å². The number of nitrogens with one attached hydrogen (secondary N) is 1. The first kappa shape index (κ1) is 14.1. The zero-order valence-electron chi connectivity index (χ0n) is 9.33. The first-order valence-corrected chi connectivity index (χ1v) is 5.34. The van der Waals surface area contributed by atoms with Crippen molar-refractivity contribution in [1.29, 1.82) is 0 Å². The molecule has 15 heavy (non-hydrogen) atoms. The fourth-order valence-electron chi connectivity index (χ4n) is 1.44. The fourth-order valence-corrected chi connectivity index (χ4v) is 1.44. The molecule has 0 saturated carbocycles. The summed E-state index contributed by atoms with van der Waals surface area (Å²) in [6, 6.07) is 0. The average Bonchev–Trinajstić information content (AvgIpc) is 2.18. The third-order valence-electron chi connectivity index (χ3n) is 2.31. The normalized spacial score (nSPS) is 12.4. The molecule has 0 spiro atoms. The second-order valence-corrected chi connectivity index (χ2v) is 3.71. The van der Waals surface area contributed by atoms with Crippen molar-refractivity contribution in [3.8, 4) is 0 Å². The molecule has 4 heteroatoms. The van der Waals surface area contributed by atoms with Crippen molar-refractivity contribution in [3.05, 3.63) is 12.2 Å². The number of hydrogen-bond donors (Lipinski definition) is 3. The molecule has 0 aliphatic rings. The topological polar surface area (TPSA) is 69.6 Å². The minimum absolute atomic E-state index is 0.175. The monoisotopic (exact) mass is 215 g/mol. The van der Waals surface area contributed by atoms with E-state index in [1.807, 2.05) is 0 Å². The Morgan fingerprint density at radius 2 is 2.13 bits per heavy atom. The molecule has 4 nitrogen and oxygen atoms in total. The molecule has 0 amide bonds. The highest BCUT2D eigenvalue weighted by atomic mass is 16.4. The quantitative estimate of drug-likeness (QED) is 0.502. The molecule has 0 radical (unpaired) electrons. The number of carboxylic acid groups (broad SMARTS) is 1. The van der Waals surface area contributed by atoms with Gasteiger partial charge in [0.25, 0.3) is 0 Å². The molecule has 0 aromatic rings. The van der Waals surface area contributed by atoms with E-state index in [-0.39, 0.29) is 12.2 Å². The van der Waals surface area contributed by atoms with E-state index < -0.39 is 5.97 Å². The van der Waals surface area contributed by atoms with Gasteiger partial charge in [0.1, 0.15) is 0 Å². The Morgan fingerprint density at radius 1 is 1.47 bits per heavy atom. The van der Waals surface area contributed by atoms with Gasteiger partial charge in [-0.1, -0.05) is 19.9 Å². The van der Waals surface area contributed by atoms with Crippen molar-refractivity contribution < 1.29 is 15.0 Å². The summed E-state index contributed by atoms with van der Waals surface area (Å²) in [5.74, 6) is -0.543. The number of carbonyl (C=O) groups is 1. The number of aliphatic hydroxyl groups excluding tert-OH is 1. The summed E-state index contributed by atoms with van der Waals surface area (Å²) >= 11 is 0. The first-order valence-electron chi connectivity index (χ1n) is 5.34. The van der Waals surface area contributed by atoms with Crippen LogP contribution in [-0.4, -0.2) is 35.9 Å². The van der Waals surface area contributed by atoms with Crippen molar-refractivity contribution >= 4 is 5.97 Å². The van der Waals surface area contributed by atoms with E-state index in [2.05, 4.69) is 18.8 Å². The van der Waals surface area contributed by atoms with Gasteiger partial charge in [-0.25, -0.2) is 4.79 Å². The Kier molecular flexibility index (Phi) is 7.95. The second-order valence-electron chi connectivity index (χ2n) is 3.71. The van der Waals surface area contributed by atoms with Crippen molar-refractivity contribution in [1.82, 2.24) is 5.32 Å². The summed E-state index contributed by atoms with van der Waals surface area (Å²) in [6.45, 7) is 6.76. The van der Waals surface area contributed by atoms with Gasteiger partial charge in [0.2, 0.25) is 0 Å². The standard InChI is InChI=1S/C11H21NO3/c1-3-4-10(5-6-13)8-12-7-9(2)11(14)15/h10,12-13H,2-8H2,1H3,(H,14,15). The number of aliphatic carboxylic acids is 1. The van der Waals surface area contributed by atoms with Crippen LogP contribution in [0.15, 0.2) is 12.2 Å². The summed E-state index contributed by atoms with van der Waals surface area (Å²) in [7, 11) is 0. The van der Waals surface area contributed by atoms with Crippen LogP contribution >= 0.6 is 0 Å². The van der Waals surface area contributed by atoms with Crippen LogP contribution in [0.5, 0.6) is 0 Å². The Balaban J connectivity index is 3.69. The first-order chi connectivity index (χ1) is 7.11. The van der Waals surface area contributed by atoms with Crippen molar-refractivity contribution in [3.63, 3.8) is 0 Å². The van der Waals surface area contributed by atoms with Crippen LogP contribution in [0.25, 0.3) is 0 Å². The maximum atomic E-state index is 10.4. The molecule has 1 unspecified atom stereocenters. The summed E-state index contributed by atoms with van der Waals surface area (Å²) in [5, 5.41) is 20.4. The maximum Gasteiger partial charge on any atom is 0.332 e. The maximum absolute atomic E-state index is 10.4. The lowest BCUT2D eigenvalue weighted by Gasteiger charge is -2.15. The van der Waals surface area contributed by atoms with Gasteiger partial charge in [-0.05, 0) is 25.3 Å². The molecule has 3 N–H and O–H groups in total. The van der Waals surface area contributed by atoms with Crippen LogP contribution in [0.2, 0.25) is 0 Å². The summed E-state index contributed by atoms with van der Waals surface area (Å²) in [5.41, 5.74) is 0.175. The minimum Gasteiger partial charge on any atom is -0.478 e. The Morgan fingerprint density at radius 3 is 2.60 bits per heavy atom. The molecular weight excluding hydrogens is 194 g/mol. The number of rotatable bonds is 9. The minimum atomic E-state index is -0.961. The molecule has 0 bridgehead atoms. The number of aliphatic hydroxyl groups is 1. The van der Waals surface area contributed by atoms with Gasteiger partial charge in [0.05, 0.1) is 0 Å². The summed E-state index contributed by atoms with van der Waals surface area (Å²) in [6.07, 6.45) is 2.89. The van der Waals surface area contributed by atoms with E-state index in [4.69, 9.17) is 10.2 Å². The predicted molar refractivity (Wildman–Crippen MR) is 59.7 cm³/mol. The van der Waals surface area contributed by atoms with E-state index >= 15 is 0 Å². The molecule has 0 aromatic heterocycles. The third-order valence-corrected chi connectivity index (χ3v) is 2.31. The molecule has 1 atom stereocenters. The SMILES string of the molecule is C=C(CNCC(CCC)CCO)C(=O)O. The van der Waals surface area contributed by atoms with E-state index in [0.29, 0.717) is 12.5 Å². The van der Waals surface area contributed by atoms with Gasteiger partial charge < -0.3 is 15.5 Å². The zero-order valence-corrected chi connectivity index (χ0v) is 9.33.